The molecule has 4 heteroatoms. The molecule has 0 aromatic carbocycles. The number of hydrogen-bond donors (Lipinski definition) is 1. The van der Waals surface area contributed by atoms with Crippen molar-refractivity contribution in [2.24, 2.45) is 0 Å². The molecule has 111 valence electrons. The maximum atomic E-state index is 12.1. The van der Waals surface area contributed by atoms with E-state index in [0.29, 0.717) is 18.4 Å². The van der Waals surface area contributed by atoms with E-state index in [9.17, 15) is 4.79 Å². The Bertz CT molecular complexity index is 234. The van der Waals surface area contributed by atoms with E-state index in [1.165, 1.54) is 0 Å². The van der Waals surface area contributed by atoms with Crippen LogP contribution in [0.2, 0.25) is 0 Å². The number of hydrogen-bond acceptors (Lipinski definition) is 2. The highest BCUT2D eigenvalue weighted by atomic mass is 16.2. The van der Waals surface area contributed by atoms with Crippen LogP contribution in [0.15, 0.2) is 0 Å². The fourth-order valence-electron chi connectivity index (χ4n) is 2.56. The van der Waals surface area contributed by atoms with Crippen LogP contribution in [-0.2, 0) is 4.79 Å². The molecule has 0 unspecified atom stereocenters. The van der Waals surface area contributed by atoms with E-state index in [2.05, 4.69) is 24.5 Å². The highest BCUT2D eigenvalue weighted by Gasteiger charge is 2.14. The molecule has 0 aromatic heterocycles. The summed E-state index contributed by atoms with van der Waals surface area (Å²) in [5.74, 6) is 0.323. The molecule has 1 saturated heterocycles. The van der Waals surface area contributed by atoms with Crippen LogP contribution in [0.5, 0.6) is 0 Å². The van der Waals surface area contributed by atoms with Gasteiger partial charge in [0.1, 0.15) is 0 Å². The van der Waals surface area contributed by atoms with E-state index in [-0.39, 0.29) is 0 Å². The molecule has 0 saturated carbocycles. The molecule has 1 fully saturated rings. The molecule has 1 amide bonds. The van der Waals surface area contributed by atoms with Gasteiger partial charge >= 0.3 is 0 Å². The third-order valence-electron chi connectivity index (χ3n) is 3.61. The summed E-state index contributed by atoms with van der Waals surface area (Å²) in [6.45, 7) is 9.03. The number of carbonyl (C=O) groups is 1. The van der Waals surface area contributed by atoms with Gasteiger partial charge in [-0.2, -0.15) is 0 Å². The minimum atomic E-state index is 0.323. The van der Waals surface area contributed by atoms with Crippen LogP contribution in [0.4, 0.5) is 0 Å². The summed E-state index contributed by atoms with van der Waals surface area (Å²) in [6.07, 6.45) is 6.06. The molecule has 0 aromatic rings. The molecule has 1 heterocycles. The standard InChI is InChI=1S/C15H30N3O/c1-3-12-18(13-4-2)15(19)6-5-9-17-14-7-10-16-11-8-14/h14,17H,3-13H2,1-2H3. The van der Waals surface area contributed by atoms with E-state index in [1.807, 2.05) is 4.90 Å². The van der Waals surface area contributed by atoms with Crippen molar-refractivity contribution >= 4 is 5.91 Å². The Hall–Kier alpha value is -0.610. The Morgan fingerprint density at radius 2 is 1.84 bits per heavy atom. The SMILES string of the molecule is CCCN(CCC)C(=O)CCCNC1CC[N]CC1. The molecule has 4 nitrogen and oxygen atoms in total. The zero-order chi connectivity index (χ0) is 13.9. The van der Waals surface area contributed by atoms with Crippen LogP contribution >= 0.6 is 0 Å². The smallest absolute Gasteiger partial charge is 0.222 e. The average Bonchev–Trinajstić information content (AvgIpc) is 2.44. The van der Waals surface area contributed by atoms with Gasteiger partial charge in [-0.05, 0) is 38.6 Å². The number of carbonyl (C=O) groups excluding carboxylic acids is 1. The lowest BCUT2D eigenvalue weighted by Gasteiger charge is -2.24. The summed E-state index contributed by atoms with van der Waals surface area (Å²) in [5, 5.41) is 7.90. The van der Waals surface area contributed by atoms with Gasteiger partial charge in [0.15, 0.2) is 0 Å². The summed E-state index contributed by atoms with van der Waals surface area (Å²) in [6, 6.07) is 0.620. The third kappa shape index (κ3) is 6.92. The number of amides is 1. The highest BCUT2D eigenvalue weighted by molar-refractivity contribution is 5.76. The van der Waals surface area contributed by atoms with Gasteiger partial charge < -0.3 is 10.2 Å². The van der Waals surface area contributed by atoms with Crippen LogP contribution in [0.3, 0.4) is 0 Å². The summed E-state index contributed by atoms with van der Waals surface area (Å²) in [4.78, 5) is 14.1. The zero-order valence-corrected chi connectivity index (χ0v) is 12.7. The number of nitrogens with one attached hydrogen (secondary N) is 1. The van der Waals surface area contributed by atoms with Crippen molar-refractivity contribution in [1.29, 1.82) is 0 Å². The Morgan fingerprint density at radius 3 is 2.42 bits per heavy atom. The van der Waals surface area contributed by atoms with E-state index in [0.717, 1.165) is 64.8 Å². The Morgan fingerprint density at radius 1 is 1.21 bits per heavy atom. The van der Waals surface area contributed by atoms with Crippen LogP contribution in [0.1, 0.15) is 52.4 Å². The van der Waals surface area contributed by atoms with Gasteiger partial charge in [0.25, 0.3) is 0 Å². The van der Waals surface area contributed by atoms with Gasteiger partial charge in [0.2, 0.25) is 5.91 Å². The Balaban J connectivity index is 2.10. The van der Waals surface area contributed by atoms with Gasteiger partial charge in [0, 0.05) is 38.6 Å². The van der Waals surface area contributed by atoms with E-state index < -0.39 is 0 Å². The minimum Gasteiger partial charge on any atom is -0.343 e. The second-order valence-electron chi connectivity index (χ2n) is 5.38. The van der Waals surface area contributed by atoms with Gasteiger partial charge in [-0.25, -0.2) is 5.32 Å². The fraction of sp³-hybridized carbons (Fsp3) is 0.933. The number of piperidine rings is 1. The molecule has 19 heavy (non-hydrogen) atoms. The lowest BCUT2D eigenvalue weighted by atomic mass is 10.1. The normalized spacial score (nSPS) is 16.5. The lowest BCUT2D eigenvalue weighted by Crippen LogP contribution is -2.38. The topological polar surface area (TPSA) is 46.4 Å². The molecule has 1 rings (SSSR count). The first-order chi connectivity index (χ1) is 9.27. The molecule has 0 atom stereocenters. The molecule has 0 spiro atoms. The van der Waals surface area contributed by atoms with Crippen molar-refractivity contribution < 1.29 is 4.79 Å². The second kappa shape index (κ2) is 10.2. The monoisotopic (exact) mass is 268 g/mol. The van der Waals surface area contributed by atoms with Crippen LogP contribution in [0, 0.1) is 0 Å². The molecule has 0 aliphatic carbocycles. The number of rotatable bonds is 9. The average molecular weight is 268 g/mol. The molecular weight excluding hydrogens is 238 g/mol. The van der Waals surface area contributed by atoms with E-state index in [4.69, 9.17) is 0 Å². The molecule has 1 aliphatic rings. The number of nitrogens with zero attached hydrogens (tertiary/aromatic N) is 2. The maximum absolute atomic E-state index is 12.1. The molecule has 0 bridgehead atoms. The minimum absolute atomic E-state index is 0.323. The third-order valence-corrected chi connectivity index (χ3v) is 3.61. The van der Waals surface area contributed by atoms with Gasteiger partial charge in [-0.1, -0.05) is 13.8 Å². The van der Waals surface area contributed by atoms with Gasteiger partial charge in [-0.3, -0.25) is 4.79 Å². The van der Waals surface area contributed by atoms with Crippen molar-refractivity contribution in [2.45, 2.75) is 58.4 Å². The van der Waals surface area contributed by atoms with Gasteiger partial charge in [0.05, 0.1) is 0 Å². The predicted molar refractivity (Wildman–Crippen MR) is 79.3 cm³/mol. The molecule has 1 N–H and O–H groups in total. The first kappa shape index (κ1) is 16.4. The summed E-state index contributed by atoms with van der Waals surface area (Å²) in [5.41, 5.74) is 0. The first-order valence-electron chi connectivity index (χ1n) is 7.92. The van der Waals surface area contributed by atoms with Crippen LogP contribution in [-0.4, -0.2) is 49.6 Å². The Labute approximate surface area is 118 Å². The van der Waals surface area contributed by atoms with Crippen molar-refractivity contribution in [2.75, 3.05) is 32.7 Å². The van der Waals surface area contributed by atoms with Gasteiger partial charge in [-0.15, -0.1) is 0 Å². The summed E-state index contributed by atoms with van der Waals surface area (Å²) in [7, 11) is 0. The highest BCUT2D eigenvalue weighted by Crippen LogP contribution is 2.04. The largest absolute Gasteiger partial charge is 0.343 e. The molecule has 1 aliphatic heterocycles. The van der Waals surface area contributed by atoms with Crippen molar-refractivity contribution in [1.82, 2.24) is 15.5 Å². The summed E-state index contributed by atoms with van der Waals surface area (Å²) < 4.78 is 0. The Kier molecular flexibility index (Phi) is 8.84. The predicted octanol–water partition coefficient (Wildman–Crippen LogP) is 1.77. The van der Waals surface area contributed by atoms with Crippen molar-refractivity contribution in [3.05, 3.63) is 0 Å². The lowest BCUT2D eigenvalue weighted by molar-refractivity contribution is -0.131. The summed E-state index contributed by atoms with van der Waals surface area (Å²) >= 11 is 0. The van der Waals surface area contributed by atoms with E-state index >= 15 is 0 Å². The second-order valence-corrected chi connectivity index (χ2v) is 5.38. The quantitative estimate of drug-likeness (QED) is 0.648. The zero-order valence-electron chi connectivity index (χ0n) is 12.7. The van der Waals surface area contributed by atoms with Crippen molar-refractivity contribution in [3.8, 4) is 0 Å². The van der Waals surface area contributed by atoms with Crippen LogP contribution in [0.25, 0.3) is 0 Å². The molecule has 1 radical (unpaired) electrons. The van der Waals surface area contributed by atoms with E-state index in [1.54, 1.807) is 0 Å². The van der Waals surface area contributed by atoms with Crippen LogP contribution < -0.4 is 10.6 Å². The fourth-order valence-corrected chi connectivity index (χ4v) is 2.56. The first-order valence-corrected chi connectivity index (χ1v) is 7.92. The molecular formula is C15H30N3O. The van der Waals surface area contributed by atoms with Crippen molar-refractivity contribution in [3.63, 3.8) is 0 Å². The maximum Gasteiger partial charge on any atom is 0.222 e.